The Morgan fingerprint density at radius 1 is 1.14 bits per heavy atom. The first kappa shape index (κ1) is 14.2. The Morgan fingerprint density at radius 2 is 1.91 bits per heavy atom. The summed E-state index contributed by atoms with van der Waals surface area (Å²) in [5, 5.41) is 0. The van der Waals surface area contributed by atoms with Crippen molar-refractivity contribution in [1.29, 1.82) is 0 Å². The van der Waals surface area contributed by atoms with E-state index in [0.29, 0.717) is 17.3 Å². The van der Waals surface area contributed by atoms with E-state index in [1.165, 1.54) is 37.7 Å². The third-order valence-corrected chi connectivity index (χ3v) is 7.40. The van der Waals surface area contributed by atoms with Gasteiger partial charge >= 0.3 is 0 Å². The average Bonchev–Trinajstić information content (AvgIpc) is 2.88. The first-order chi connectivity index (χ1) is 10.4. The minimum absolute atomic E-state index is 0.0270. The van der Waals surface area contributed by atoms with Gasteiger partial charge in [0.15, 0.2) is 5.78 Å². The van der Waals surface area contributed by atoms with E-state index in [1.54, 1.807) is 6.08 Å². The Labute approximate surface area is 133 Å². The van der Waals surface area contributed by atoms with Crippen molar-refractivity contribution in [3.8, 4) is 0 Å². The van der Waals surface area contributed by atoms with Crippen LogP contribution in [-0.2, 0) is 4.79 Å². The molecule has 4 aliphatic carbocycles. The van der Waals surface area contributed by atoms with Crippen LogP contribution >= 0.6 is 0 Å². The van der Waals surface area contributed by atoms with E-state index < -0.39 is 0 Å². The number of ketones is 1. The van der Waals surface area contributed by atoms with Crippen molar-refractivity contribution >= 4 is 5.78 Å². The van der Waals surface area contributed by atoms with E-state index >= 15 is 0 Å². The second-order valence-corrected chi connectivity index (χ2v) is 8.40. The zero-order valence-corrected chi connectivity index (χ0v) is 13.8. The van der Waals surface area contributed by atoms with Gasteiger partial charge in [-0.1, -0.05) is 39.5 Å². The average molecular weight is 294 g/mol. The zero-order valence-electron chi connectivity index (χ0n) is 13.8. The Kier molecular flexibility index (Phi) is 2.81. The molecule has 116 valence electrons. The van der Waals surface area contributed by atoms with Crippen LogP contribution in [-0.4, -0.2) is 5.78 Å². The lowest BCUT2D eigenvalue weighted by molar-refractivity contribution is -0.110. The molecule has 1 heteroatoms. The number of allylic oxidation sites excluding steroid dienone is 6. The van der Waals surface area contributed by atoms with Gasteiger partial charge in [0, 0.05) is 5.41 Å². The Hall–Kier alpha value is -1.37. The number of carbonyl (C=O) groups excluding carboxylic acids is 1. The van der Waals surface area contributed by atoms with Gasteiger partial charge in [0.05, 0.1) is 0 Å². The molecule has 3 fully saturated rings. The van der Waals surface area contributed by atoms with Crippen LogP contribution in [0.15, 0.2) is 48.1 Å². The minimum Gasteiger partial charge on any atom is -0.290 e. The SMILES string of the molecule is C=C1C(=C)[C@H]2[C@@H]3CCC[C@@]3(C)CC[C@@H]2[C@@]2(C)C=CC(=O)C=C12. The van der Waals surface area contributed by atoms with Gasteiger partial charge in [-0.05, 0) is 77.7 Å². The first-order valence-electron chi connectivity index (χ1n) is 8.71. The van der Waals surface area contributed by atoms with Crippen LogP contribution < -0.4 is 0 Å². The van der Waals surface area contributed by atoms with E-state index in [2.05, 4.69) is 33.1 Å². The van der Waals surface area contributed by atoms with Gasteiger partial charge in [0.2, 0.25) is 0 Å². The van der Waals surface area contributed by atoms with Crippen LogP contribution in [0.3, 0.4) is 0 Å². The highest BCUT2D eigenvalue weighted by Gasteiger charge is 2.57. The summed E-state index contributed by atoms with van der Waals surface area (Å²) in [6.07, 6.45) is 12.4. The van der Waals surface area contributed by atoms with Crippen LogP contribution in [0.5, 0.6) is 0 Å². The second kappa shape index (κ2) is 4.34. The predicted octanol–water partition coefficient (Wildman–Crippen LogP) is 5.02. The molecule has 0 spiro atoms. The number of hydrogen-bond acceptors (Lipinski definition) is 1. The third kappa shape index (κ3) is 1.63. The van der Waals surface area contributed by atoms with Gasteiger partial charge in [0.1, 0.15) is 0 Å². The molecule has 3 saturated carbocycles. The van der Waals surface area contributed by atoms with E-state index in [1.807, 2.05) is 6.08 Å². The molecule has 0 aromatic heterocycles. The summed E-state index contributed by atoms with van der Waals surface area (Å²) in [5.41, 5.74) is 3.86. The first-order valence-corrected chi connectivity index (χ1v) is 8.71. The third-order valence-electron chi connectivity index (χ3n) is 7.40. The van der Waals surface area contributed by atoms with Crippen LogP contribution in [0.1, 0.15) is 46.0 Å². The summed E-state index contributed by atoms with van der Waals surface area (Å²) in [6.45, 7) is 13.6. The van der Waals surface area contributed by atoms with Gasteiger partial charge in [-0.2, -0.15) is 0 Å². The molecule has 0 N–H and O–H groups in total. The van der Waals surface area contributed by atoms with E-state index in [4.69, 9.17) is 0 Å². The van der Waals surface area contributed by atoms with Crippen molar-refractivity contribution in [3.05, 3.63) is 48.1 Å². The standard InChI is InChI=1S/C21H26O/c1-13-14(2)19-16-6-5-9-20(16,3)10-8-17(19)21(4)11-7-15(22)12-18(13)21/h7,11-12,16-17,19H,1-2,5-6,8-10H2,3-4H3/t16-,17-,19-,20-,21+/m0/s1. The van der Waals surface area contributed by atoms with E-state index in [0.717, 1.165) is 17.1 Å². The Balaban J connectivity index is 1.84. The molecule has 0 bridgehead atoms. The van der Waals surface area contributed by atoms with Crippen molar-refractivity contribution in [2.45, 2.75) is 46.0 Å². The molecule has 0 unspecified atom stereocenters. The largest absolute Gasteiger partial charge is 0.290 e. The maximum absolute atomic E-state index is 11.9. The lowest BCUT2D eigenvalue weighted by Gasteiger charge is -2.57. The van der Waals surface area contributed by atoms with Crippen LogP contribution in [0, 0.1) is 28.6 Å². The molecular weight excluding hydrogens is 268 g/mol. The Morgan fingerprint density at radius 3 is 2.68 bits per heavy atom. The molecule has 0 radical (unpaired) electrons. The molecule has 0 saturated heterocycles. The van der Waals surface area contributed by atoms with E-state index in [9.17, 15) is 4.79 Å². The fourth-order valence-corrected chi connectivity index (χ4v) is 6.09. The smallest absolute Gasteiger partial charge is 0.178 e. The van der Waals surface area contributed by atoms with Crippen LogP contribution in [0.25, 0.3) is 0 Å². The highest BCUT2D eigenvalue weighted by atomic mass is 16.1. The highest BCUT2D eigenvalue weighted by Crippen LogP contribution is 2.66. The molecule has 5 atom stereocenters. The molecule has 0 aliphatic heterocycles. The molecule has 0 heterocycles. The quantitative estimate of drug-likeness (QED) is 0.613. The van der Waals surface area contributed by atoms with Gasteiger partial charge in [-0.15, -0.1) is 0 Å². The van der Waals surface area contributed by atoms with Crippen molar-refractivity contribution in [2.24, 2.45) is 28.6 Å². The number of carbonyl (C=O) groups is 1. The summed E-state index contributed by atoms with van der Waals surface area (Å²) in [6, 6.07) is 0. The van der Waals surface area contributed by atoms with Gasteiger partial charge in [0.25, 0.3) is 0 Å². The molecule has 22 heavy (non-hydrogen) atoms. The van der Waals surface area contributed by atoms with Gasteiger partial charge in [-0.25, -0.2) is 0 Å². The van der Waals surface area contributed by atoms with Gasteiger partial charge < -0.3 is 0 Å². The van der Waals surface area contributed by atoms with Crippen molar-refractivity contribution in [1.82, 2.24) is 0 Å². The molecule has 4 aliphatic rings. The fraction of sp³-hybridized carbons (Fsp3) is 0.571. The maximum Gasteiger partial charge on any atom is 0.178 e. The van der Waals surface area contributed by atoms with Crippen LogP contribution in [0.2, 0.25) is 0 Å². The number of hydrogen-bond donors (Lipinski definition) is 0. The van der Waals surface area contributed by atoms with E-state index in [-0.39, 0.29) is 11.2 Å². The summed E-state index contributed by atoms with van der Waals surface area (Å²) >= 11 is 0. The van der Waals surface area contributed by atoms with Crippen molar-refractivity contribution in [2.75, 3.05) is 0 Å². The monoisotopic (exact) mass is 294 g/mol. The summed E-state index contributed by atoms with van der Waals surface area (Å²) in [7, 11) is 0. The van der Waals surface area contributed by atoms with Crippen LogP contribution in [0.4, 0.5) is 0 Å². The van der Waals surface area contributed by atoms with Gasteiger partial charge in [-0.3, -0.25) is 4.79 Å². The molecule has 1 nitrogen and oxygen atoms in total. The lowest BCUT2D eigenvalue weighted by atomic mass is 9.47. The highest BCUT2D eigenvalue weighted by molar-refractivity contribution is 6.02. The summed E-state index contributed by atoms with van der Waals surface area (Å²) in [5.74, 6) is 1.98. The Bertz CT molecular complexity index is 649. The number of rotatable bonds is 0. The molecule has 0 aromatic carbocycles. The molecule has 4 rings (SSSR count). The lowest BCUT2D eigenvalue weighted by Crippen LogP contribution is -2.49. The fourth-order valence-electron chi connectivity index (χ4n) is 6.09. The number of fused-ring (bicyclic) bond motifs is 5. The van der Waals surface area contributed by atoms with Crippen molar-refractivity contribution < 1.29 is 4.79 Å². The molecular formula is C21H26O. The molecule has 0 amide bonds. The maximum atomic E-state index is 11.9. The summed E-state index contributed by atoms with van der Waals surface area (Å²) < 4.78 is 0. The van der Waals surface area contributed by atoms with Crippen molar-refractivity contribution in [3.63, 3.8) is 0 Å². The summed E-state index contributed by atoms with van der Waals surface area (Å²) in [4.78, 5) is 11.9. The topological polar surface area (TPSA) is 17.1 Å². The minimum atomic E-state index is -0.0270. The predicted molar refractivity (Wildman–Crippen MR) is 90.3 cm³/mol. The second-order valence-electron chi connectivity index (χ2n) is 8.40. The zero-order chi connectivity index (χ0) is 15.7. The molecule has 0 aromatic rings. The normalized spacial score (nSPS) is 46.9.